The van der Waals surface area contributed by atoms with Gasteiger partial charge in [-0.2, -0.15) is 0 Å². The average molecular weight is 299 g/mol. The maximum absolute atomic E-state index is 12.4. The Kier molecular flexibility index (Phi) is 3.80. The van der Waals surface area contributed by atoms with Crippen LogP contribution in [0.5, 0.6) is 0 Å². The van der Waals surface area contributed by atoms with Crippen LogP contribution in [0.15, 0.2) is 41.6 Å². The topological polar surface area (TPSA) is 59.1 Å². The van der Waals surface area contributed by atoms with Crippen LogP contribution in [0.25, 0.3) is 10.8 Å². The van der Waals surface area contributed by atoms with Crippen LogP contribution in [0.4, 0.5) is 0 Å². The second-order valence-corrected chi connectivity index (χ2v) is 6.89. The molecular weight excluding hydrogens is 284 g/mol. The molecule has 0 amide bonds. The Morgan fingerprint density at radius 2 is 2.05 bits per heavy atom. The van der Waals surface area contributed by atoms with Crippen LogP contribution in [0.1, 0.15) is 13.8 Å². The Morgan fingerprint density at radius 3 is 2.74 bits per heavy atom. The van der Waals surface area contributed by atoms with Gasteiger partial charge in [0, 0.05) is 34.6 Å². The summed E-state index contributed by atoms with van der Waals surface area (Å²) < 4.78 is 27.5. The number of nitrogens with zero attached hydrogens (tertiary/aromatic N) is 1. The number of rotatable bonds is 4. The Balaban J connectivity index is 2.55. The van der Waals surface area contributed by atoms with Gasteiger partial charge in [0.2, 0.25) is 10.0 Å². The number of alkyl halides is 1. The van der Waals surface area contributed by atoms with Crippen LogP contribution in [0, 0.1) is 0 Å². The smallest absolute Gasteiger partial charge is 0.241 e. The minimum Gasteiger partial charge on any atom is -0.264 e. The fraction of sp³-hybridized carbons (Fsp3) is 0.308. The fourth-order valence-electron chi connectivity index (χ4n) is 1.77. The molecule has 0 aliphatic heterocycles. The third-order valence-electron chi connectivity index (χ3n) is 2.67. The number of hydrogen-bond acceptors (Lipinski definition) is 3. The standard InChI is InChI=1S/C13H15ClN2O2S/c1-13(2,9-14)16-19(17,18)12-5-3-4-10-8-15-7-6-11(10)12/h3-8,16H,9H2,1-2H3. The molecule has 0 bridgehead atoms. The average Bonchev–Trinajstić information content (AvgIpc) is 2.37. The SMILES string of the molecule is CC(C)(CCl)NS(=O)(=O)c1cccc2cnccc12. The highest BCUT2D eigenvalue weighted by molar-refractivity contribution is 7.89. The van der Waals surface area contributed by atoms with Crippen LogP contribution in [0.2, 0.25) is 0 Å². The maximum atomic E-state index is 12.4. The summed E-state index contributed by atoms with van der Waals surface area (Å²) >= 11 is 5.77. The van der Waals surface area contributed by atoms with Gasteiger partial charge in [-0.15, -0.1) is 11.6 Å². The van der Waals surface area contributed by atoms with Gasteiger partial charge in [0.1, 0.15) is 0 Å². The molecule has 0 saturated carbocycles. The third kappa shape index (κ3) is 3.05. The lowest BCUT2D eigenvalue weighted by Gasteiger charge is -2.23. The Hall–Kier alpha value is -1.17. The highest BCUT2D eigenvalue weighted by Gasteiger charge is 2.26. The van der Waals surface area contributed by atoms with Crippen molar-refractivity contribution in [3.8, 4) is 0 Å². The summed E-state index contributed by atoms with van der Waals surface area (Å²) in [6.07, 6.45) is 3.22. The molecule has 2 rings (SSSR count). The van der Waals surface area contributed by atoms with Crippen LogP contribution in [-0.4, -0.2) is 24.8 Å². The number of halogens is 1. The molecule has 0 fully saturated rings. The van der Waals surface area contributed by atoms with Crippen molar-refractivity contribution in [2.75, 3.05) is 5.88 Å². The molecule has 2 aromatic rings. The van der Waals surface area contributed by atoms with Gasteiger partial charge in [0.25, 0.3) is 0 Å². The summed E-state index contributed by atoms with van der Waals surface area (Å²) in [6.45, 7) is 3.48. The van der Waals surface area contributed by atoms with Gasteiger partial charge in [0.15, 0.2) is 0 Å². The van der Waals surface area contributed by atoms with E-state index in [1.165, 1.54) is 0 Å². The van der Waals surface area contributed by atoms with Gasteiger partial charge >= 0.3 is 0 Å². The van der Waals surface area contributed by atoms with Gasteiger partial charge in [-0.3, -0.25) is 4.98 Å². The highest BCUT2D eigenvalue weighted by atomic mass is 35.5. The van der Waals surface area contributed by atoms with Gasteiger partial charge in [0.05, 0.1) is 4.90 Å². The normalized spacial score (nSPS) is 12.8. The van der Waals surface area contributed by atoms with Crippen molar-refractivity contribution >= 4 is 32.4 Å². The Morgan fingerprint density at radius 1 is 1.32 bits per heavy atom. The van der Waals surface area contributed by atoms with Crippen molar-refractivity contribution in [3.63, 3.8) is 0 Å². The third-order valence-corrected chi connectivity index (χ3v) is 5.10. The number of aromatic nitrogens is 1. The number of hydrogen-bond donors (Lipinski definition) is 1. The van der Waals surface area contributed by atoms with Gasteiger partial charge < -0.3 is 0 Å². The van der Waals surface area contributed by atoms with E-state index in [4.69, 9.17) is 11.6 Å². The summed E-state index contributed by atoms with van der Waals surface area (Å²) in [6, 6.07) is 6.80. The molecule has 0 radical (unpaired) electrons. The number of fused-ring (bicyclic) bond motifs is 1. The molecule has 1 aromatic heterocycles. The van der Waals surface area contributed by atoms with E-state index in [-0.39, 0.29) is 10.8 Å². The first-order valence-corrected chi connectivity index (χ1v) is 7.80. The maximum Gasteiger partial charge on any atom is 0.241 e. The van der Waals surface area contributed by atoms with Gasteiger partial charge in [-0.05, 0) is 26.0 Å². The molecule has 19 heavy (non-hydrogen) atoms. The zero-order valence-corrected chi connectivity index (χ0v) is 12.3. The second kappa shape index (κ2) is 5.07. The molecule has 0 aliphatic rings. The van der Waals surface area contributed by atoms with E-state index in [1.807, 2.05) is 6.07 Å². The second-order valence-electron chi connectivity index (χ2n) is 4.98. The Bertz CT molecular complexity index is 693. The van der Waals surface area contributed by atoms with Crippen LogP contribution in [0.3, 0.4) is 0 Å². The number of nitrogens with one attached hydrogen (secondary N) is 1. The summed E-state index contributed by atoms with van der Waals surface area (Å²) in [5, 5.41) is 1.43. The quantitative estimate of drug-likeness (QED) is 0.883. The van der Waals surface area contributed by atoms with E-state index >= 15 is 0 Å². The number of pyridine rings is 1. The van der Waals surface area contributed by atoms with E-state index in [2.05, 4.69) is 9.71 Å². The largest absolute Gasteiger partial charge is 0.264 e. The van der Waals surface area contributed by atoms with Crippen molar-refractivity contribution < 1.29 is 8.42 Å². The van der Waals surface area contributed by atoms with E-state index in [0.717, 1.165) is 5.39 Å². The van der Waals surface area contributed by atoms with E-state index in [1.54, 1.807) is 44.4 Å². The zero-order chi connectivity index (χ0) is 14.1. The lowest BCUT2D eigenvalue weighted by molar-refractivity contribution is 0.496. The van der Waals surface area contributed by atoms with Crippen LogP contribution < -0.4 is 4.72 Å². The van der Waals surface area contributed by atoms with Crippen molar-refractivity contribution in [3.05, 3.63) is 36.7 Å². The minimum absolute atomic E-state index is 0.193. The Labute approximate surface area is 117 Å². The molecule has 0 atom stereocenters. The van der Waals surface area contributed by atoms with Crippen LogP contribution in [-0.2, 0) is 10.0 Å². The van der Waals surface area contributed by atoms with Crippen LogP contribution >= 0.6 is 11.6 Å². The van der Waals surface area contributed by atoms with Gasteiger partial charge in [-0.1, -0.05) is 12.1 Å². The van der Waals surface area contributed by atoms with Crippen molar-refractivity contribution in [2.45, 2.75) is 24.3 Å². The van der Waals surface area contributed by atoms with Gasteiger partial charge in [-0.25, -0.2) is 13.1 Å². The summed E-state index contributed by atoms with van der Waals surface area (Å²) in [7, 11) is -3.62. The lowest BCUT2D eigenvalue weighted by Crippen LogP contribution is -2.44. The predicted molar refractivity (Wildman–Crippen MR) is 76.9 cm³/mol. The van der Waals surface area contributed by atoms with E-state index < -0.39 is 15.6 Å². The molecule has 0 aliphatic carbocycles. The molecule has 1 heterocycles. The van der Waals surface area contributed by atoms with Crippen molar-refractivity contribution in [1.82, 2.24) is 9.71 Å². The lowest BCUT2D eigenvalue weighted by atomic mass is 10.1. The molecule has 4 nitrogen and oxygen atoms in total. The highest BCUT2D eigenvalue weighted by Crippen LogP contribution is 2.23. The molecule has 1 aromatic carbocycles. The molecule has 6 heteroatoms. The van der Waals surface area contributed by atoms with Crippen molar-refractivity contribution in [2.24, 2.45) is 0 Å². The first-order valence-electron chi connectivity index (χ1n) is 5.78. The number of benzene rings is 1. The number of sulfonamides is 1. The monoisotopic (exact) mass is 298 g/mol. The van der Waals surface area contributed by atoms with E-state index in [9.17, 15) is 8.42 Å². The molecule has 0 unspecified atom stereocenters. The minimum atomic E-state index is -3.62. The summed E-state index contributed by atoms with van der Waals surface area (Å²) in [5.41, 5.74) is -0.699. The molecule has 0 saturated heterocycles. The fourth-order valence-corrected chi connectivity index (χ4v) is 3.56. The first-order chi connectivity index (χ1) is 8.86. The zero-order valence-electron chi connectivity index (χ0n) is 10.7. The molecule has 1 N–H and O–H groups in total. The first kappa shape index (κ1) is 14.2. The van der Waals surface area contributed by atoms with Crippen molar-refractivity contribution in [1.29, 1.82) is 0 Å². The van der Waals surface area contributed by atoms with E-state index in [0.29, 0.717) is 5.39 Å². The predicted octanol–water partition coefficient (Wildman–Crippen LogP) is 2.53. The molecule has 0 spiro atoms. The molecule has 102 valence electrons. The summed E-state index contributed by atoms with van der Waals surface area (Å²) in [4.78, 5) is 4.23. The molecular formula is C13H15ClN2O2S. The summed E-state index contributed by atoms with van der Waals surface area (Å²) in [5.74, 6) is 0.193.